The highest BCUT2D eigenvalue weighted by Gasteiger charge is 2.14. The monoisotopic (exact) mass is 396 g/mol. The summed E-state index contributed by atoms with van der Waals surface area (Å²) in [7, 11) is 3.05. The first-order valence-corrected chi connectivity index (χ1v) is 9.24. The lowest BCUT2D eigenvalue weighted by atomic mass is 10.3. The average Bonchev–Trinajstić information content (AvgIpc) is 3.05. The topological polar surface area (TPSA) is 94.5 Å². The highest BCUT2D eigenvalue weighted by Crippen LogP contribution is 2.19. The van der Waals surface area contributed by atoms with Gasteiger partial charge in [-0.15, -0.1) is 0 Å². The molecule has 3 aromatic rings. The van der Waals surface area contributed by atoms with Crippen molar-refractivity contribution in [3.8, 4) is 5.75 Å². The molecule has 3 rings (SSSR count). The molecule has 0 atom stereocenters. The molecule has 8 nitrogen and oxygen atoms in total. The van der Waals surface area contributed by atoms with Gasteiger partial charge in [-0.2, -0.15) is 0 Å². The number of fused-ring (bicyclic) bond motifs is 1. The van der Waals surface area contributed by atoms with Crippen LogP contribution in [-0.2, 0) is 27.3 Å². The molecule has 2 N–H and O–H groups in total. The number of hydrogen-bond donors (Lipinski definition) is 2. The van der Waals surface area contributed by atoms with Crippen molar-refractivity contribution < 1.29 is 19.1 Å². The van der Waals surface area contributed by atoms with Gasteiger partial charge in [0.1, 0.15) is 24.7 Å². The van der Waals surface area contributed by atoms with Crippen molar-refractivity contribution in [1.82, 2.24) is 14.9 Å². The Morgan fingerprint density at radius 3 is 2.69 bits per heavy atom. The van der Waals surface area contributed by atoms with E-state index in [1.807, 2.05) is 41.0 Å². The first kappa shape index (κ1) is 20.3. The Bertz CT molecular complexity index is 999. The largest absolute Gasteiger partial charge is 0.497 e. The third kappa shape index (κ3) is 5.32. The number of anilines is 1. The normalized spacial score (nSPS) is 10.7. The number of ether oxygens (including phenoxy) is 2. The molecule has 1 heterocycles. The van der Waals surface area contributed by atoms with Gasteiger partial charge in [0.15, 0.2) is 0 Å². The molecule has 8 heteroatoms. The molecular formula is C21H24N4O4. The van der Waals surface area contributed by atoms with Gasteiger partial charge in [0.05, 0.1) is 18.1 Å². The van der Waals surface area contributed by atoms with Crippen LogP contribution in [0.4, 0.5) is 5.69 Å². The van der Waals surface area contributed by atoms with Gasteiger partial charge >= 0.3 is 0 Å². The summed E-state index contributed by atoms with van der Waals surface area (Å²) in [6, 6.07) is 14.8. The highest BCUT2D eigenvalue weighted by atomic mass is 16.5. The van der Waals surface area contributed by atoms with Crippen molar-refractivity contribution in [3.05, 3.63) is 54.4 Å². The number of aromatic nitrogens is 2. The van der Waals surface area contributed by atoms with Crippen LogP contribution in [-0.4, -0.2) is 48.7 Å². The molecule has 0 saturated carbocycles. The summed E-state index contributed by atoms with van der Waals surface area (Å²) in [5.74, 6) is 1.03. The minimum atomic E-state index is -0.189. The van der Waals surface area contributed by atoms with Crippen LogP contribution in [0.2, 0.25) is 0 Å². The quantitative estimate of drug-likeness (QED) is 0.577. The lowest BCUT2D eigenvalue weighted by Crippen LogP contribution is -2.30. The van der Waals surface area contributed by atoms with Gasteiger partial charge in [-0.3, -0.25) is 9.59 Å². The van der Waals surface area contributed by atoms with E-state index in [0.29, 0.717) is 24.4 Å². The molecule has 0 bridgehead atoms. The Morgan fingerprint density at radius 1 is 1.07 bits per heavy atom. The molecule has 1 aromatic heterocycles. The molecule has 2 aromatic carbocycles. The van der Waals surface area contributed by atoms with E-state index in [1.54, 1.807) is 19.2 Å². The molecule has 0 saturated heterocycles. The smallest absolute Gasteiger partial charge is 0.245 e. The van der Waals surface area contributed by atoms with E-state index in [4.69, 9.17) is 9.47 Å². The van der Waals surface area contributed by atoms with Crippen molar-refractivity contribution in [2.24, 2.45) is 0 Å². The second-order valence-corrected chi connectivity index (χ2v) is 6.42. The summed E-state index contributed by atoms with van der Waals surface area (Å²) < 4.78 is 11.9. The summed E-state index contributed by atoms with van der Waals surface area (Å²) in [5.41, 5.74) is 2.33. The van der Waals surface area contributed by atoms with E-state index in [1.165, 1.54) is 7.11 Å². The molecule has 152 valence electrons. The zero-order chi connectivity index (χ0) is 20.6. The molecule has 0 spiro atoms. The van der Waals surface area contributed by atoms with Crippen LogP contribution in [0.25, 0.3) is 11.0 Å². The van der Waals surface area contributed by atoms with E-state index < -0.39 is 0 Å². The molecule has 0 aliphatic rings. The molecule has 0 fully saturated rings. The van der Waals surface area contributed by atoms with Crippen molar-refractivity contribution in [2.45, 2.75) is 13.0 Å². The zero-order valence-corrected chi connectivity index (χ0v) is 16.5. The molecule has 2 amide bonds. The molecular weight excluding hydrogens is 372 g/mol. The van der Waals surface area contributed by atoms with Crippen LogP contribution in [0.5, 0.6) is 5.75 Å². The van der Waals surface area contributed by atoms with Gasteiger partial charge in [0.25, 0.3) is 0 Å². The van der Waals surface area contributed by atoms with Crippen LogP contribution in [0.1, 0.15) is 5.82 Å². The third-order valence-corrected chi connectivity index (χ3v) is 4.34. The lowest BCUT2D eigenvalue weighted by Gasteiger charge is -2.11. The van der Waals surface area contributed by atoms with Crippen molar-refractivity contribution in [2.75, 3.05) is 32.7 Å². The Labute approximate surface area is 168 Å². The third-order valence-electron chi connectivity index (χ3n) is 4.34. The minimum absolute atomic E-state index is 0.0133. The molecule has 0 radical (unpaired) electrons. The number of methoxy groups -OCH3 is 2. The van der Waals surface area contributed by atoms with Crippen LogP contribution in [0, 0.1) is 0 Å². The molecule has 0 aliphatic heterocycles. The molecule has 0 aliphatic carbocycles. The number of carbonyl (C=O) groups excluding carboxylic acids is 2. The molecule has 29 heavy (non-hydrogen) atoms. The second-order valence-electron chi connectivity index (χ2n) is 6.42. The zero-order valence-electron chi connectivity index (χ0n) is 16.5. The number of hydrogen-bond acceptors (Lipinski definition) is 5. The average molecular weight is 396 g/mol. The Kier molecular flexibility index (Phi) is 6.80. The maximum absolute atomic E-state index is 12.7. The number of imidazole rings is 1. The summed E-state index contributed by atoms with van der Waals surface area (Å²) in [5, 5.41) is 5.66. The lowest BCUT2D eigenvalue weighted by molar-refractivity contribution is -0.124. The second kappa shape index (κ2) is 9.70. The number of benzene rings is 2. The van der Waals surface area contributed by atoms with Crippen LogP contribution in [0.3, 0.4) is 0 Å². The van der Waals surface area contributed by atoms with Crippen molar-refractivity contribution in [1.29, 1.82) is 0 Å². The van der Waals surface area contributed by atoms with Crippen molar-refractivity contribution >= 4 is 28.5 Å². The predicted octanol–water partition coefficient (Wildman–Crippen LogP) is 1.99. The maximum atomic E-state index is 12.7. The van der Waals surface area contributed by atoms with Gasteiger partial charge in [-0.05, 0) is 24.3 Å². The first-order chi connectivity index (χ1) is 14.1. The van der Waals surface area contributed by atoms with Gasteiger partial charge < -0.3 is 24.7 Å². The standard InChI is InChI=1S/C21H24N4O4/c1-28-14-21(27)22-11-10-19-24-17-8-3-4-9-18(17)25(19)13-20(26)23-15-6-5-7-16(12-15)29-2/h3-9,12H,10-11,13-14H2,1-2H3,(H,22,27)(H,23,26). The predicted molar refractivity (Wildman–Crippen MR) is 110 cm³/mol. The fraction of sp³-hybridized carbons (Fsp3) is 0.286. The fourth-order valence-corrected chi connectivity index (χ4v) is 3.03. The summed E-state index contributed by atoms with van der Waals surface area (Å²) >= 11 is 0. The highest BCUT2D eigenvalue weighted by molar-refractivity contribution is 5.92. The summed E-state index contributed by atoms with van der Waals surface area (Å²) in [4.78, 5) is 28.9. The SMILES string of the molecule is COCC(=O)NCCc1nc2ccccc2n1CC(=O)Nc1cccc(OC)c1. The number of carbonyl (C=O) groups is 2. The number of para-hydroxylation sites is 2. The van der Waals surface area contributed by atoms with Crippen LogP contribution in [0.15, 0.2) is 48.5 Å². The van der Waals surface area contributed by atoms with E-state index in [2.05, 4.69) is 15.6 Å². The van der Waals surface area contributed by atoms with E-state index >= 15 is 0 Å². The maximum Gasteiger partial charge on any atom is 0.245 e. The summed E-state index contributed by atoms with van der Waals surface area (Å²) in [6.07, 6.45) is 0.497. The number of nitrogens with one attached hydrogen (secondary N) is 2. The number of nitrogens with zero attached hydrogens (tertiary/aromatic N) is 2. The van der Waals surface area contributed by atoms with Crippen molar-refractivity contribution in [3.63, 3.8) is 0 Å². The van der Waals surface area contributed by atoms with Crippen LogP contribution >= 0.6 is 0 Å². The number of amides is 2. The Hall–Kier alpha value is -3.39. The van der Waals surface area contributed by atoms with E-state index in [-0.39, 0.29) is 25.0 Å². The fourth-order valence-electron chi connectivity index (χ4n) is 3.03. The minimum Gasteiger partial charge on any atom is -0.497 e. The van der Waals surface area contributed by atoms with Crippen LogP contribution < -0.4 is 15.4 Å². The van der Waals surface area contributed by atoms with Gasteiger partial charge in [-0.25, -0.2) is 4.98 Å². The number of rotatable bonds is 9. The Balaban J connectivity index is 1.74. The molecule has 0 unspecified atom stereocenters. The van der Waals surface area contributed by atoms with Gasteiger partial charge in [-0.1, -0.05) is 18.2 Å². The van der Waals surface area contributed by atoms with E-state index in [9.17, 15) is 9.59 Å². The summed E-state index contributed by atoms with van der Waals surface area (Å²) in [6.45, 7) is 0.529. The first-order valence-electron chi connectivity index (χ1n) is 9.24. The van der Waals surface area contributed by atoms with E-state index in [0.717, 1.165) is 16.9 Å². The van der Waals surface area contributed by atoms with Gasteiger partial charge in [0.2, 0.25) is 11.8 Å². The van der Waals surface area contributed by atoms with Gasteiger partial charge in [0, 0.05) is 31.8 Å². The Morgan fingerprint density at radius 2 is 1.90 bits per heavy atom.